The maximum absolute atomic E-state index is 13.1. The number of anilines is 1. The van der Waals surface area contributed by atoms with Crippen molar-refractivity contribution in [3.63, 3.8) is 0 Å². The predicted molar refractivity (Wildman–Crippen MR) is 119 cm³/mol. The topological polar surface area (TPSA) is 80.6 Å². The number of pyridine rings is 1. The number of sulfonamides is 1. The van der Waals surface area contributed by atoms with Gasteiger partial charge in [0.25, 0.3) is 0 Å². The summed E-state index contributed by atoms with van der Waals surface area (Å²) < 4.78 is 34.9. The number of hydrogen-bond donors (Lipinski definition) is 0. The van der Waals surface area contributed by atoms with E-state index >= 15 is 0 Å². The van der Waals surface area contributed by atoms with Crippen LogP contribution in [-0.2, 0) is 10.0 Å². The standard InChI is InChI=1S/C22H27N5O3S/c1-4-30-19-8-10-20(11-9-19)31(28,29)26-15-13-25(14-16-26)22-17(2)24-27(18(22)3)21-7-5-6-12-23-21/h5-12H,4,13-16H2,1-3H3. The van der Waals surface area contributed by atoms with Gasteiger partial charge in [0, 0.05) is 32.4 Å². The van der Waals surface area contributed by atoms with Crippen LogP contribution in [0.5, 0.6) is 5.75 Å². The van der Waals surface area contributed by atoms with E-state index in [1.807, 2.05) is 43.7 Å². The molecule has 31 heavy (non-hydrogen) atoms. The van der Waals surface area contributed by atoms with Gasteiger partial charge in [-0.3, -0.25) is 0 Å². The zero-order chi connectivity index (χ0) is 22.0. The van der Waals surface area contributed by atoms with Gasteiger partial charge in [0.2, 0.25) is 10.0 Å². The monoisotopic (exact) mass is 441 g/mol. The molecule has 0 spiro atoms. The van der Waals surface area contributed by atoms with E-state index in [0.29, 0.717) is 43.4 Å². The molecule has 1 fully saturated rings. The van der Waals surface area contributed by atoms with E-state index in [9.17, 15) is 8.42 Å². The van der Waals surface area contributed by atoms with Crippen molar-refractivity contribution in [2.45, 2.75) is 25.7 Å². The Kier molecular flexibility index (Phi) is 5.97. The van der Waals surface area contributed by atoms with Crippen molar-refractivity contribution >= 4 is 15.7 Å². The largest absolute Gasteiger partial charge is 0.494 e. The second-order valence-corrected chi connectivity index (χ2v) is 9.35. The molecule has 0 aliphatic carbocycles. The van der Waals surface area contributed by atoms with Crippen molar-refractivity contribution in [1.82, 2.24) is 19.1 Å². The van der Waals surface area contributed by atoms with Crippen molar-refractivity contribution in [1.29, 1.82) is 0 Å². The van der Waals surface area contributed by atoms with E-state index in [1.54, 1.807) is 34.8 Å². The highest BCUT2D eigenvalue weighted by Crippen LogP contribution is 2.28. The fourth-order valence-corrected chi connectivity index (χ4v) is 5.39. The van der Waals surface area contributed by atoms with Crippen LogP contribution in [0.25, 0.3) is 5.82 Å². The zero-order valence-corrected chi connectivity index (χ0v) is 18.8. The molecule has 0 radical (unpaired) electrons. The highest BCUT2D eigenvalue weighted by molar-refractivity contribution is 7.89. The first-order valence-corrected chi connectivity index (χ1v) is 11.8. The summed E-state index contributed by atoms with van der Waals surface area (Å²) in [6.45, 7) is 8.49. The average Bonchev–Trinajstić information content (AvgIpc) is 3.09. The second kappa shape index (κ2) is 8.68. The molecule has 0 N–H and O–H groups in total. The van der Waals surface area contributed by atoms with Crippen molar-refractivity contribution in [3.05, 3.63) is 60.0 Å². The van der Waals surface area contributed by atoms with Gasteiger partial charge in [0.15, 0.2) is 5.82 Å². The molecule has 0 saturated carbocycles. The third-order valence-electron chi connectivity index (χ3n) is 5.45. The summed E-state index contributed by atoms with van der Waals surface area (Å²) in [4.78, 5) is 6.89. The van der Waals surface area contributed by atoms with Crippen LogP contribution in [0.1, 0.15) is 18.3 Å². The van der Waals surface area contributed by atoms with Crippen LogP contribution in [0.3, 0.4) is 0 Å². The molecule has 4 rings (SSSR count). The Morgan fingerprint density at radius 3 is 2.32 bits per heavy atom. The van der Waals surface area contributed by atoms with Crippen LogP contribution in [0.15, 0.2) is 53.6 Å². The fourth-order valence-electron chi connectivity index (χ4n) is 3.97. The van der Waals surface area contributed by atoms with Crippen molar-refractivity contribution in [3.8, 4) is 11.6 Å². The molecular formula is C22H27N5O3S. The third kappa shape index (κ3) is 4.15. The number of rotatable bonds is 6. The minimum atomic E-state index is -3.54. The van der Waals surface area contributed by atoms with Crippen molar-refractivity contribution < 1.29 is 13.2 Å². The summed E-state index contributed by atoms with van der Waals surface area (Å²) in [5.74, 6) is 1.44. The molecule has 0 amide bonds. The number of hydrogen-bond acceptors (Lipinski definition) is 6. The van der Waals surface area contributed by atoms with Crippen LogP contribution in [0.4, 0.5) is 5.69 Å². The molecule has 9 heteroatoms. The second-order valence-electron chi connectivity index (χ2n) is 7.41. The molecule has 0 atom stereocenters. The molecule has 1 aromatic carbocycles. The maximum atomic E-state index is 13.1. The van der Waals surface area contributed by atoms with E-state index in [4.69, 9.17) is 4.74 Å². The molecule has 8 nitrogen and oxygen atoms in total. The first-order valence-electron chi connectivity index (χ1n) is 10.4. The van der Waals surface area contributed by atoms with E-state index in [1.165, 1.54) is 0 Å². The lowest BCUT2D eigenvalue weighted by Gasteiger charge is -2.35. The van der Waals surface area contributed by atoms with Crippen LogP contribution < -0.4 is 9.64 Å². The molecule has 1 aliphatic rings. The van der Waals surface area contributed by atoms with E-state index in [-0.39, 0.29) is 0 Å². The molecule has 164 valence electrons. The minimum absolute atomic E-state index is 0.291. The van der Waals surface area contributed by atoms with Crippen LogP contribution in [0, 0.1) is 13.8 Å². The number of benzene rings is 1. The van der Waals surface area contributed by atoms with Gasteiger partial charge in [-0.2, -0.15) is 9.40 Å². The lowest BCUT2D eigenvalue weighted by molar-refractivity contribution is 0.340. The SMILES string of the molecule is CCOc1ccc(S(=O)(=O)N2CCN(c3c(C)nn(-c4ccccn4)c3C)CC2)cc1. The minimum Gasteiger partial charge on any atom is -0.494 e. The third-order valence-corrected chi connectivity index (χ3v) is 7.36. The highest BCUT2D eigenvalue weighted by Gasteiger charge is 2.30. The molecule has 2 aromatic heterocycles. The molecule has 0 bridgehead atoms. The Hall–Kier alpha value is -2.91. The van der Waals surface area contributed by atoms with Crippen LogP contribution in [-0.4, -0.2) is 60.3 Å². The average molecular weight is 442 g/mol. The van der Waals surface area contributed by atoms with Gasteiger partial charge in [0.1, 0.15) is 5.75 Å². The number of ether oxygens (including phenoxy) is 1. The number of piperazine rings is 1. The number of nitrogens with zero attached hydrogens (tertiary/aromatic N) is 5. The van der Waals surface area contributed by atoms with Crippen molar-refractivity contribution in [2.24, 2.45) is 0 Å². The number of aryl methyl sites for hydroxylation is 1. The van der Waals surface area contributed by atoms with Gasteiger partial charge in [-0.25, -0.2) is 18.1 Å². The molecule has 1 saturated heterocycles. The summed E-state index contributed by atoms with van der Waals surface area (Å²) >= 11 is 0. The van der Waals surface area contributed by atoms with Gasteiger partial charge < -0.3 is 9.64 Å². The van der Waals surface area contributed by atoms with Gasteiger partial charge in [0.05, 0.1) is 28.6 Å². The Morgan fingerprint density at radius 1 is 1.00 bits per heavy atom. The predicted octanol–water partition coefficient (Wildman–Crippen LogP) is 2.79. The van der Waals surface area contributed by atoms with Crippen molar-refractivity contribution in [2.75, 3.05) is 37.7 Å². The summed E-state index contributed by atoms with van der Waals surface area (Å²) in [6.07, 6.45) is 1.75. The molecule has 3 heterocycles. The normalized spacial score (nSPS) is 15.3. The van der Waals surface area contributed by atoms with E-state index < -0.39 is 10.0 Å². The molecular weight excluding hydrogens is 414 g/mol. The molecule has 1 aliphatic heterocycles. The lowest BCUT2D eigenvalue weighted by Crippen LogP contribution is -2.49. The van der Waals surface area contributed by atoms with Gasteiger partial charge >= 0.3 is 0 Å². The quantitative estimate of drug-likeness (QED) is 0.585. The Balaban J connectivity index is 1.49. The van der Waals surface area contributed by atoms with Crippen LogP contribution >= 0.6 is 0 Å². The number of aromatic nitrogens is 3. The molecule has 3 aromatic rings. The van der Waals surface area contributed by atoms with Gasteiger partial charge in [-0.15, -0.1) is 0 Å². The first kappa shape index (κ1) is 21.3. The van der Waals surface area contributed by atoms with Gasteiger partial charge in [-0.05, 0) is 57.2 Å². The van der Waals surface area contributed by atoms with E-state index in [0.717, 1.165) is 22.9 Å². The highest BCUT2D eigenvalue weighted by atomic mass is 32.2. The lowest BCUT2D eigenvalue weighted by atomic mass is 10.2. The van der Waals surface area contributed by atoms with Crippen LogP contribution in [0.2, 0.25) is 0 Å². The first-order chi connectivity index (χ1) is 14.9. The zero-order valence-electron chi connectivity index (χ0n) is 18.0. The summed E-state index contributed by atoms with van der Waals surface area (Å²) in [5.41, 5.74) is 2.95. The summed E-state index contributed by atoms with van der Waals surface area (Å²) in [7, 11) is -3.54. The van der Waals surface area contributed by atoms with E-state index in [2.05, 4.69) is 15.0 Å². The molecule has 0 unspecified atom stereocenters. The van der Waals surface area contributed by atoms with Gasteiger partial charge in [-0.1, -0.05) is 6.07 Å². The maximum Gasteiger partial charge on any atom is 0.243 e. The Bertz CT molecular complexity index is 1140. The summed E-state index contributed by atoms with van der Waals surface area (Å²) in [5, 5.41) is 4.66. The smallest absolute Gasteiger partial charge is 0.243 e. The Morgan fingerprint density at radius 2 is 1.71 bits per heavy atom. The fraction of sp³-hybridized carbons (Fsp3) is 0.364. The summed E-state index contributed by atoms with van der Waals surface area (Å²) in [6, 6.07) is 12.3. The Labute approximate surface area is 183 Å².